The van der Waals surface area contributed by atoms with Crippen LogP contribution >= 0.6 is 0 Å². The van der Waals surface area contributed by atoms with Gasteiger partial charge in [-0.1, -0.05) is 6.07 Å². The molecular weight excluding hydrogens is 256 g/mol. The van der Waals surface area contributed by atoms with Crippen molar-refractivity contribution in [3.05, 3.63) is 29.8 Å². The van der Waals surface area contributed by atoms with E-state index in [0.29, 0.717) is 12.1 Å². The van der Waals surface area contributed by atoms with Gasteiger partial charge in [0.15, 0.2) is 0 Å². The fourth-order valence-electron chi connectivity index (χ4n) is 2.26. The number of hydrogen-bond acceptors (Lipinski definition) is 3. The smallest absolute Gasteiger partial charge is 0.387 e. The molecule has 0 bridgehead atoms. The zero-order valence-electron chi connectivity index (χ0n) is 10.3. The first-order valence-corrected chi connectivity index (χ1v) is 6.08. The molecule has 1 aliphatic heterocycles. The van der Waals surface area contributed by atoms with Crippen molar-refractivity contribution in [3.63, 3.8) is 0 Å². The van der Waals surface area contributed by atoms with Crippen molar-refractivity contribution in [2.45, 2.75) is 25.5 Å². The van der Waals surface area contributed by atoms with Gasteiger partial charge in [0.1, 0.15) is 5.75 Å². The van der Waals surface area contributed by atoms with Crippen LogP contribution in [0.25, 0.3) is 0 Å². The predicted octanol–water partition coefficient (Wildman–Crippen LogP) is 1.88. The number of likely N-dealkylation sites (tertiary alicyclic amines) is 1. The average Bonchev–Trinajstić information content (AvgIpc) is 2.85. The number of carbonyl (C=O) groups excluding carboxylic acids is 1. The van der Waals surface area contributed by atoms with Crippen LogP contribution in [0.5, 0.6) is 5.75 Å². The Morgan fingerprint density at radius 1 is 1.53 bits per heavy atom. The highest BCUT2D eigenvalue weighted by Crippen LogP contribution is 2.22. The molecule has 0 unspecified atom stereocenters. The normalized spacial score (nSPS) is 18.9. The molecule has 1 amide bonds. The molecule has 6 heteroatoms. The lowest BCUT2D eigenvalue weighted by molar-refractivity contribution is -0.0499. The van der Waals surface area contributed by atoms with Gasteiger partial charge in [-0.05, 0) is 31.0 Å². The van der Waals surface area contributed by atoms with Crippen molar-refractivity contribution >= 4 is 5.91 Å². The standard InChI is InChI=1S/C13H15F2NO3/c14-13(15)19-11-5-1-3-9(7-11)12(18)16-6-2-4-10(16)8-17/h1,3,5,7,10,13,17H,2,4,6,8H2/t10-/m1/s1. The van der Waals surface area contributed by atoms with Crippen LogP contribution in [0.3, 0.4) is 0 Å². The molecule has 1 aliphatic rings. The van der Waals surface area contributed by atoms with Gasteiger partial charge in [-0.3, -0.25) is 4.79 Å². The van der Waals surface area contributed by atoms with Crippen molar-refractivity contribution in [2.24, 2.45) is 0 Å². The highest BCUT2D eigenvalue weighted by Gasteiger charge is 2.28. The highest BCUT2D eigenvalue weighted by atomic mass is 19.3. The van der Waals surface area contributed by atoms with Crippen LogP contribution in [-0.2, 0) is 0 Å². The SMILES string of the molecule is O=C(c1cccc(OC(F)F)c1)N1CCC[C@@H]1CO. The maximum atomic E-state index is 12.2. The molecule has 1 atom stereocenters. The van der Waals surface area contributed by atoms with E-state index in [9.17, 15) is 18.7 Å². The van der Waals surface area contributed by atoms with Gasteiger partial charge in [-0.15, -0.1) is 0 Å². The Hall–Kier alpha value is -1.69. The molecule has 0 saturated carbocycles. The second kappa shape index (κ2) is 5.97. The number of nitrogens with zero attached hydrogens (tertiary/aromatic N) is 1. The first-order valence-electron chi connectivity index (χ1n) is 6.08. The Labute approximate surface area is 109 Å². The largest absolute Gasteiger partial charge is 0.435 e. The van der Waals surface area contributed by atoms with Gasteiger partial charge in [0.05, 0.1) is 12.6 Å². The van der Waals surface area contributed by atoms with Crippen LogP contribution < -0.4 is 4.74 Å². The molecule has 0 aromatic heterocycles. The van der Waals surface area contributed by atoms with Gasteiger partial charge in [-0.25, -0.2) is 0 Å². The predicted molar refractivity (Wildman–Crippen MR) is 64.2 cm³/mol. The van der Waals surface area contributed by atoms with Gasteiger partial charge in [0.2, 0.25) is 0 Å². The lowest BCUT2D eigenvalue weighted by atomic mass is 10.1. The molecule has 1 fully saturated rings. The summed E-state index contributed by atoms with van der Waals surface area (Å²) in [4.78, 5) is 13.8. The molecule has 19 heavy (non-hydrogen) atoms. The molecule has 1 aromatic carbocycles. The van der Waals surface area contributed by atoms with Crippen LogP contribution in [0.15, 0.2) is 24.3 Å². The quantitative estimate of drug-likeness (QED) is 0.909. The first-order chi connectivity index (χ1) is 9.11. The van der Waals surface area contributed by atoms with Crippen LogP contribution in [-0.4, -0.2) is 41.7 Å². The van der Waals surface area contributed by atoms with Gasteiger partial charge in [-0.2, -0.15) is 8.78 Å². The van der Waals surface area contributed by atoms with E-state index in [1.165, 1.54) is 18.2 Å². The van der Waals surface area contributed by atoms with E-state index in [-0.39, 0.29) is 24.3 Å². The molecule has 104 valence electrons. The van der Waals surface area contributed by atoms with Gasteiger partial charge in [0, 0.05) is 12.1 Å². The summed E-state index contributed by atoms with van der Waals surface area (Å²) in [6.07, 6.45) is 1.60. The topological polar surface area (TPSA) is 49.8 Å². The second-order valence-corrected chi connectivity index (χ2v) is 4.38. The molecule has 1 aromatic rings. The van der Waals surface area contributed by atoms with Crippen LogP contribution in [0.4, 0.5) is 8.78 Å². The molecule has 0 radical (unpaired) electrons. The van der Waals surface area contributed by atoms with Gasteiger partial charge >= 0.3 is 6.61 Å². The molecule has 4 nitrogen and oxygen atoms in total. The van der Waals surface area contributed by atoms with Gasteiger partial charge in [0.25, 0.3) is 5.91 Å². The molecule has 1 N–H and O–H groups in total. The lowest BCUT2D eigenvalue weighted by Crippen LogP contribution is -2.37. The van der Waals surface area contributed by atoms with E-state index in [1.54, 1.807) is 11.0 Å². The van der Waals surface area contributed by atoms with Crippen LogP contribution in [0.2, 0.25) is 0 Å². The molecule has 0 aliphatic carbocycles. The summed E-state index contributed by atoms with van der Waals surface area (Å²) in [7, 11) is 0. The molecular formula is C13H15F2NO3. The fraction of sp³-hybridized carbons (Fsp3) is 0.462. The maximum Gasteiger partial charge on any atom is 0.387 e. The zero-order chi connectivity index (χ0) is 13.8. The van der Waals surface area contributed by atoms with E-state index in [2.05, 4.69) is 4.74 Å². The van der Waals surface area contributed by atoms with E-state index in [4.69, 9.17) is 0 Å². The molecule has 2 rings (SSSR count). The lowest BCUT2D eigenvalue weighted by Gasteiger charge is -2.23. The van der Waals surface area contributed by atoms with Crippen molar-refractivity contribution < 1.29 is 23.4 Å². The van der Waals surface area contributed by atoms with E-state index < -0.39 is 6.61 Å². The summed E-state index contributed by atoms with van der Waals surface area (Å²) >= 11 is 0. The van der Waals surface area contributed by atoms with Crippen LogP contribution in [0.1, 0.15) is 23.2 Å². The molecule has 1 saturated heterocycles. The average molecular weight is 271 g/mol. The minimum absolute atomic E-state index is 0.0411. The summed E-state index contributed by atoms with van der Waals surface area (Å²) in [5.74, 6) is -0.308. The number of alkyl halides is 2. The Kier molecular flexibility index (Phi) is 4.31. The Balaban J connectivity index is 2.14. The maximum absolute atomic E-state index is 12.2. The van der Waals surface area contributed by atoms with Crippen molar-refractivity contribution in [3.8, 4) is 5.75 Å². The van der Waals surface area contributed by atoms with Crippen molar-refractivity contribution in [1.29, 1.82) is 0 Å². The summed E-state index contributed by atoms with van der Waals surface area (Å²) in [6, 6.07) is 5.52. The highest BCUT2D eigenvalue weighted by molar-refractivity contribution is 5.95. The number of aliphatic hydroxyl groups excluding tert-OH is 1. The Morgan fingerprint density at radius 2 is 2.32 bits per heavy atom. The van der Waals surface area contributed by atoms with Crippen molar-refractivity contribution in [1.82, 2.24) is 4.90 Å². The number of hydrogen-bond donors (Lipinski definition) is 1. The fourth-order valence-corrected chi connectivity index (χ4v) is 2.26. The van der Waals surface area contributed by atoms with E-state index in [0.717, 1.165) is 12.8 Å². The zero-order valence-corrected chi connectivity index (χ0v) is 10.3. The molecule has 0 spiro atoms. The van der Waals surface area contributed by atoms with E-state index in [1.807, 2.05) is 0 Å². The Bertz CT molecular complexity index is 453. The van der Waals surface area contributed by atoms with Gasteiger partial charge < -0.3 is 14.7 Å². The Morgan fingerprint density at radius 3 is 3.00 bits per heavy atom. The summed E-state index contributed by atoms with van der Waals surface area (Å²) in [5.41, 5.74) is 0.290. The van der Waals surface area contributed by atoms with E-state index >= 15 is 0 Å². The monoisotopic (exact) mass is 271 g/mol. The third kappa shape index (κ3) is 3.20. The number of aliphatic hydroxyl groups is 1. The molecule has 1 heterocycles. The number of ether oxygens (including phenoxy) is 1. The number of halogens is 2. The second-order valence-electron chi connectivity index (χ2n) is 4.38. The summed E-state index contributed by atoms with van der Waals surface area (Å²) in [5, 5.41) is 9.19. The third-order valence-electron chi connectivity index (χ3n) is 3.15. The van der Waals surface area contributed by atoms with Crippen molar-refractivity contribution in [2.75, 3.05) is 13.2 Å². The number of benzene rings is 1. The number of rotatable bonds is 4. The minimum atomic E-state index is -2.91. The minimum Gasteiger partial charge on any atom is -0.435 e. The summed E-state index contributed by atoms with van der Waals surface area (Å²) < 4.78 is 28.5. The number of amides is 1. The first kappa shape index (κ1) is 13.7. The van der Waals surface area contributed by atoms with Crippen LogP contribution in [0, 0.1) is 0 Å². The summed E-state index contributed by atoms with van der Waals surface area (Å²) in [6.45, 7) is -2.43. The third-order valence-corrected chi connectivity index (χ3v) is 3.15. The number of carbonyl (C=O) groups is 1.